The molecule has 5 nitrogen and oxygen atoms in total. The van der Waals surface area contributed by atoms with Crippen molar-refractivity contribution in [1.29, 1.82) is 0 Å². The number of hydrogen-bond acceptors (Lipinski definition) is 5. The first kappa shape index (κ1) is 14.9. The van der Waals surface area contributed by atoms with Gasteiger partial charge >= 0.3 is 0 Å². The minimum Gasteiger partial charge on any atom is -0.493 e. The summed E-state index contributed by atoms with van der Waals surface area (Å²) in [5, 5.41) is 4.46. The van der Waals surface area contributed by atoms with Gasteiger partial charge in [-0.05, 0) is 13.0 Å². The van der Waals surface area contributed by atoms with Crippen LogP contribution in [0.2, 0.25) is 0 Å². The largest absolute Gasteiger partial charge is 0.493 e. The normalized spacial score (nSPS) is 20.0. The van der Waals surface area contributed by atoms with Crippen LogP contribution in [0.5, 0.6) is 11.5 Å². The van der Waals surface area contributed by atoms with Crippen molar-refractivity contribution in [3.05, 3.63) is 35.2 Å². The summed E-state index contributed by atoms with van der Waals surface area (Å²) in [6.45, 7) is 3.00. The molecular formula is C14H19NO4S. The molecule has 1 aromatic carbocycles. The summed E-state index contributed by atoms with van der Waals surface area (Å²) < 4.78 is 33.6. The van der Waals surface area contributed by atoms with Gasteiger partial charge in [-0.15, -0.1) is 0 Å². The molecule has 1 heterocycles. The number of rotatable bonds is 6. The molecule has 1 N–H and O–H groups in total. The number of sulfone groups is 1. The van der Waals surface area contributed by atoms with Gasteiger partial charge in [0.2, 0.25) is 0 Å². The van der Waals surface area contributed by atoms with Crippen LogP contribution in [0.25, 0.3) is 0 Å². The summed E-state index contributed by atoms with van der Waals surface area (Å²) in [5.41, 5.74) is 0.941. The van der Waals surface area contributed by atoms with Crippen molar-refractivity contribution in [2.45, 2.75) is 19.5 Å². The quantitative estimate of drug-likeness (QED) is 0.862. The molecule has 1 aliphatic heterocycles. The average Bonchev–Trinajstić information content (AvgIpc) is 2.76. The van der Waals surface area contributed by atoms with Gasteiger partial charge in [-0.25, -0.2) is 8.42 Å². The third kappa shape index (κ3) is 3.52. The molecule has 0 saturated heterocycles. The standard InChI is InChI=1S/C14H19NO4S/c1-3-19-13-6-4-5-11(14(13)18-2)9-15-12-7-8-20(16,17)10-12/h4-8,12,15H,3,9-10H2,1-2H3. The Kier molecular flexibility index (Phi) is 4.67. The molecule has 1 atom stereocenters. The molecule has 0 saturated carbocycles. The first-order valence-corrected chi connectivity index (χ1v) is 8.20. The summed E-state index contributed by atoms with van der Waals surface area (Å²) in [6.07, 6.45) is 1.67. The number of ether oxygens (including phenoxy) is 2. The van der Waals surface area contributed by atoms with E-state index in [-0.39, 0.29) is 11.8 Å². The minimum atomic E-state index is -3.03. The fourth-order valence-corrected chi connectivity index (χ4v) is 3.42. The van der Waals surface area contributed by atoms with E-state index in [1.165, 1.54) is 5.41 Å². The zero-order chi connectivity index (χ0) is 14.6. The maximum Gasteiger partial charge on any atom is 0.173 e. The van der Waals surface area contributed by atoms with Gasteiger partial charge in [-0.2, -0.15) is 0 Å². The first-order chi connectivity index (χ1) is 9.55. The molecule has 2 rings (SSSR count). The van der Waals surface area contributed by atoms with E-state index < -0.39 is 9.84 Å². The number of para-hydroxylation sites is 1. The van der Waals surface area contributed by atoms with E-state index in [4.69, 9.17) is 9.47 Å². The number of hydrogen-bond donors (Lipinski definition) is 1. The predicted octanol–water partition coefficient (Wildman–Crippen LogP) is 1.49. The lowest BCUT2D eigenvalue weighted by molar-refractivity contribution is 0.308. The highest BCUT2D eigenvalue weighted by molar-refractivity contribution is 7.94. The molecule has 0 radical (unpaired) electrons. The van der Waals surface area contributed by atoms with Gasteiger partial charge in [0.05, 0.1) is 19.5 Å². The summed E-state index contributed by atoms with van der Waals surface area (Å²) in [4.78, 5) is 0. The van der Waals surface area contributed by atoms with E-state index in [0.717, 1.165) is 5.56 Å². The maximum atomic E-state index is 11.3. The van der Waals surface area contributed by atoms with E-state index in [9.17, 15) is 8.42 Å². The number of benzene rings is 1. The summed E-state index contributed by atoms with van der Waals surface area (Å²) >= 11 is 0. The highest BCUT2D eigenvalue weighted by Gasteiger charge is 2.21. The monoisotopic (exact) mass is 297 g/mol. The molecule has 0 aromatic heterocycles. The van der Waals surface area contributed by atoms with Gasteiger partial charge in [0.25, 0.3) is 0 Å². The van der Waals surface area contributed by atoms with Crippen LogP contribution in [0.15, 0.2) is 29.7 Å². The second kappa shape index (κ2) is 6.28. The van der Waals surface area contributed by atoms with Crippen molar-refractivity contribution in [1.82, 2.24) is 5.32 Å². The second-order valence-electron chi connectivity index (χ2n) is 4.53. The lowest BCUT2D eigenvalue weighted by Gasteiger charge is -2.15. The van der Waals surface area contributed by atoms with Crippen LogP contribution in [0.3, 0.4) is 0 Å². The van der Waals surface area contributed by atoms with Gasteiger partial charge in [0, 0.05) is 23.6 Å². The molecule has 0 bridgehead atoms. The van der Waals surface area contributed by atoms with Crippen molar-refractivity contribution in [3.8, 4) is 11.5 Å². The Morgan fingerprint density at radius 1 is 1.40 bits per heavy atom. The first-order valence-electron chi connectivity index (χ1n) is 6.48. The molecule has 1 aromatic rings. The second-order valence-corrected chi connectivity index (χ2v) is 6.46. The molecule has 0 amide bonds. The van der Waals surface area contributed by atoms with E-state index in [0.29, 0.717) is 24.7 Å². The van der Waals surface area contributed by atoms with E-state index in [1.807, 2.05) is 25.1 Å². The third-order valence-corrected chi connectivity index (χ3v) is 4.44. The molecule has 20 heavy (non-hydrogen) atoms. The molecule has 1 unspecified atom stereocenters. The zero-order valence-electron chi connectivity index (χ0n) is 11.6. The van der Waals surface area contributed by atoms with Gasteiger partial charge in [-0.3, -0.25) is 0 Å². The molecule has 0 spiro atoms. The topological polar surface area (TPSA) is 64.6 Å². The Morgan fingerprint density at radius 3 is 2.80 bits per heavy atom. The Hall–Kier alpha value is -1.53. The Bertz CT molecular complexity index is 595. The van der Waals surface area contributed by atoms with Crippen molar-refractivity contribution in [2.75, 3.05) is 19.5 Å². The summed E-state index contributed by atoms with van der Waals surface area (Å²) in [5.74, 6) is 1.50. The van der Waals surface area contributed by atoms with Crippen LogP contribution in [0, 0.1) is 0 Å². The van der Waals surface area contributed by atoms with Gasteiger partial charge < -0.3 is 14.8 Å². The Balaban J connectivity index is 2.06. The Morgan fingerprint density at radius 2 is 2.20 bits per heavy atom. The summed E-state index contributed by atoms with van der Waals surface area (Å²) in [6, 6.07) is 5.53. The number of methoxy groups -OCH3 is 1. The SMILES string of the molecule is CCOc1cccc(CNC2C=CS(=O)(=O)C2)c1OC. The Labute approximate surface area is 119 Å². The molecule has 1 aliphatic rings. The van der Waals surface area contributed by atoms with Gasteiger partial charge in [-0.1, -0.05) is 18.2 Å². The van der Waals surface area contributed by atoms with Crippen molar-refractivity contribution in [3.63, 3.8) is 0 Å². The van der Waals surface area contributed by atoms with Crippen LogP contribution < -0.4 is 14.8 Å². The van der Waals surface area contributed by atoms with Crippen molar-refractivity contribution >= 4 is 9.84 Å². The maximum absolute atomic E-state index is 11.3. The van der Waals surface area contributed by atoms with E-state index in [1.54, 1.807) is 13.2 Å². The van der Waals surface area contributed by atoms with Crippen molar-refractivity contribution in [2.24, 2.45) is 0 Å². The van der Waals surface area contributed by atoms with Gasteiger partial charge in [0.1, 0.15) is 0 Å². The van der Waals surface area contributed by atoms with Crippen molar-refractivity contribution < 1.29 is 17.9 Å². The molecular weight excluding hydrogens is 278 g/mol. The smallest absolute Gasteiger partial charge is 0.173 e. The highest BCUT2D eigenvalue weighted by Crippen LogP contribution is 2.31. The number of nitrogens with one attached hydrogen (secondary N) is 1. The van der Waals surface area contributed by atoms with Crippen LogP contribution in [0.4, 0.5) is 0 Å². The van der Waals surface area contributed by atoms with Crippen LogP contribution in [0.1, 0.15) is 12.5 Å². The zero-order valence-corrected chi connectivity index (χ0v) is 12.4. The van der Waals surface area contributed by atoms with Crippen LogP contribution in [-0.2, 0) is 16.4 Å². The van der Waals surface area contributed by atoms with Crippen LogP contribution >= 0.6 is 0 Å². The van der Waals surface area contributed by atoms with E-state index >= 15 is 0 Å². The lowest BCUT2D eigenvalue weighted by atomic mass is 10.1. The average molecular weight is 297 g/mol. The summed E-state index contributed by atoms with van der Waals surface area (Å²) in [7, 11) is -1.43. The fraction of sp³-hybridized carbons (Fsp3) is 0.429. The molecule has 6 heteroatoms. The molecule has 0 aliphatic carbocycles. The molecule has 0 fully saturated rings. The molecule has 110 valence electrons. The van der Waals surface area contributed by atoms with Crippen LogP contribution in [-0.4, -0.2) is 33.9 Å². The lowest BCUT2D eigenvalue weighted by Crippen LogP contribution is -2.29. The highest BCUT2D eigenvalue weighted by atomic mass is 32.2. The fourth-order valence-electron chi connectivity index (χ4n) is 2.15. The van der Waals surface area contributed by atoms with E-state index in [2.05, 4.69) is 5.32 Å². The predicted molar refractivity (Wildman–Crippen MR) is 77.7 cm³/mol. The minimum absolute atomic E-state index is 0.112. The van der Waals surface area contributed by atoms with Gasteiger partial charge in [0.15, 0.2) is 21.3 Å². The third-order valence-electron chi connectivity index (χ3n) is 3.05.